The van der Waals surface area contributed by atoms with E-state index in [4.69, 9.17) is 18.9 Å². The van der Waals surface area contributed by atoms with Gasteiger partial charge < -0.3 is 24.3 Å². The molecule has 64 heavy (non-hydrogen) atoms. The summed E-state index contributed by atoms with van der Waals surface area (Å²) in [6.45, 7) is 16.2. The number of carbonyl (C=O) groups excluding carboxylic acids is 3. The molecule has 0 saturated heterocycles. The van der Waals surface area contributed by atoms with Gasteiger partial charge in [0, 0.05) is 60.2 Å². The van der Waals surface area contributed by atoms with Gasteiger partial charge in [0.2, 0.25) is 5.91 Å². The molecule has 8 nitrogen and oxygen atoms in total. The fourth-order valence-electron chi connectivity index (χ4n) is 23.3. The van der Waals surface area contributed by atoms with Crippen molar-refractivity contribution in [1.82, 2.24) is 0 Å². The van der Waals surface area contributed by atoms with Gasteiger partial charge in [0.15, 0.2) is 0 Å². The summed E-state index contributed by atoms with van der Waals surface area (Å²) in [7, 11) is 3.84. The van der Waals surface area contributed by atoms with Crippen molar-refractivity contribution in [2.45, 2.75) is 110 Å². The Labute approximate surface area is 376 Å². The summed E-state index contributed by atoms with van der Waals surface area (Å²) in [5.41, 5.74) is 11.2. The summed E-state index contributed by atoms with van der Waals surface area (Å²) < 4.78 is 24.9. The average Bonchev–Trinajstić information content (AvgIpc) is 4.15. The van der Waals surface area contributed by atoms with Crippen molar-refractivity contribution in [2.75, 3.05) is 32.8 Å². The van der Waals surface area contributed by atoms with Gasteiger partial charge in [-0.2, -0.15) is 0 Å². The molecule has 9 saturated carbocycles. The standard InChI is InChI=1S/C56H63NO7/c1-21(58)57-24-10-11-25-26(12-24)30-15-29(25)43-44(30)54(5)46-32-16-31(45(46)53(43,54)4)27-13-35-36(14-28(27)32)52(62-9)42-38-18-37(41(42)51(35)61-8)49-50(38)56(7)48-34-17-33(47(48)55(49,56)6)39(19-63-22(2)59)40(34)20-64-23(3)60/h10-14,29-34,37-40,43-50H,15-20H2,1-9H3,(H,57,58)/t29-,30+,31+,32-,33+,34-,37-,38+,39-,40+,43?,44?,45?,46?,47?,48?,49?,50?,53-,54+,55+,56-/m0/s1. The third kappa shape index (κ3) is 3.58. The number of benzene rings is 3. The second-order valence-corrected chi connectivity index (χ2v) is 24.6. The Balaban J connectivity index is 0.801. The van der Waals surface area contributed by atoms with E-state index >= 15 is 0 Å². The van der Waals surface area contributed by atoms with Gasteiger partial charge in [-0.3, -0.25) is 14.4 Å². The fraction of sp³-hybridized carbons (Fsp3) is 0.661. The molecular formula is C56H63NO7. The maximum atomic E-state index is 12.1. The highest BCUT2D eigenvalue weighted by Gasteiger charge is 2.91. The lowest BCUT2D eigenvalue weighted by Gasteiger charge is -2.84. The minimum absolute atomic E-state index is 0.00284. The molecule has 22 atom stereocenters. The highest BCUT2D eigenvalue weighted by atomic mass is 16.5. The normalized spacial score (nSPS) is 50.0. The van der Waals surface area contributed by atoms with Gasteiger partial charge in [0.25, 0.3) is 0 Å². The van der Waals surface area contributed by atoms with Crippen LogP contribution in [0.1, 0.15) is 143 Å². The van der Waals surface area contributed by atoms with Crippen LogP contribution in [0.2, 0.25) is 0 Å². The number of ether oxygens (including phenoxy) is 4. The Hall–Kier alpha value is -4.07. The SMILES string of the molecule is COc1c2c(c(OC)c3cc4c(cc13)[C@@H]1C[C@H]4C3C1[C@@]1(C)C4C([C@H]5C[C@@H]4c4cc(NC(C)=O)ccc45)[C@@]31C)[C@@H]1C[C@H]2C2C1[C@@]1(C)C3C([C@H]4C[C@@H]3[C@H](COC(C)=O)[C@@H]4COC(C)=O)[C@@]21C. The lowest BCUT2D eigenvalue weighted by Crippen LogP contribution is -2.81. The summed E-state index contributed by atoms with van der Waals surface area (Å²) in [6, 6.07) is 12.0. The Kier molecular flexibility index (Phi) is 6.76. The number of methoxy groups -OCH3 is 2. The third-order valence-electron chi connectivity index (χ3n) is 24.3. The Morgan fingerprint density at radius 2 is 0.922 bits per heavy atom. The highest BCUT2D eigenvalue weighted by Crippen LogP contribution is 2.97. The number of nitrogens with one attached hydrogen (secondary N) is 1. The van der Waals surface area contributed by atoms with Crippen molar-refractivity contribution >= 4 is 34.3 Å². The van der Waals surface area contributed by atoms with E-state index in [0.717, 1.165) is 41.4 Å². The number of hydrogen-bond acceptors (Lipinski definition) is 7. The van der Waals surface area contributed by atoms with Crippen molar-refractivity contribution < 1.29 is 33.3 Å². The number of carbonyl (C=O) groups is 3. The molecule has 8 unspecified atom stereocenters. The molecule has 3 aromatic carbocycles. The summed E-state index contributed by atoms with van der Waals surface area (Å²) in [4.78, 5) is 36.3. The van der Waals surface area contributed by atoms with Crippen LogP contribution in [-0.4, -0.2) is 45.3 Å². The molecule has 15 rings (SSSR count). The fourth-order valence-corrected chi connectivity index (χ4v) is 23.3. The topological polar surface area (TPSA) is 100 Å². The van der Waals surface area contributed by atoms with Gasteiger partial charge in [-0.25, -0.2) is 0 Å². The van der Waals surface area contributed by atoms with Crippen LogP contribution in [-0.2, 0) is 23.9 Å². The van der Waals surface area contributed by atoms with E-state index < -0.39 is 0 Å². The van der Waals surface area contributed by atoms with Crippen LogP contribution < -0.4 is 14.8 Å². The molecule has 8 heteroatoms. The highest BCUT2D eigenvalue weighted by molar-refractivity contribution is 5.99. The molecule has 9 fully saturated rings. The molecule has 0 aromatic heterocycles. The van der Waals surface area contributed by atoms with Crippen LogP contribution in [0.3, 0.4) is 0 Å². The first-order valence-electron chi connectivity index (χ1n) is 25.1. The van der Waals surface area contributed by atoms with Gasteiger partial charge >= 0.3 is 11.9 Å². The number of anilines is 1. The van der Waals surface area contributed by atoms with Crippen molar-refractivity contribution in [3.8, 4) is 11.5 Å². The molecule has 12 aliphatic carbocycles. The largest absolute Gasteiger partial charge is 0.496 e. The Morgan fingerprint density at radius 1 is 0.531 bits per heavy atom. The van der Waals surface area contributed by atoms with Crippen LogP contribution in [0.5, 0.6) is 11.5 Å². The minimum Gasteiger partial charge on any atom is -0.496 e. The lowest BCUT2D eigenvalue weighted by molar-refractivity contribution is -0.371. The van der Waals surface area contributed by atoms with E-state index in [2.05, 4.69) is 63.3 Å². The second-order valence-electron chi connectivity index (χ2n) is 24.6. The van der Waals surface area contributed by atoms with Crippen LogP contribution >= 0.6 is 0 Å². The molecule has 0 aliphatic heterocycles. The minimum atomic E-state index is -0.224. The van der Waals surface area contributed by atoms with Gasteiger partial charge in [-0.15, -0.1) is 0 Å². The van der Waals surface area contributed by atoms with E-state index in [9.17, 15) is 14.4 Å². The monoisotopic (exact) mass is 861 g/mol. The Morgan fingerprint density at radius 3 is 1.34 bits per heavy atom. The average molecular weight is 862 g/mol. The van der Waals surface area contributed by atoms with E-state index in [0.29, 0.717) is 101 Å². The molecule has 3 aromatic rings. The number of fused-ring (bicyclic) bond motifs is 40. The van der Waals surface area contributed by atoms with Crippen molar-refractivity contribution in [2.24, 2.45) is 92.7 Å². The van der Waals surface area contributed by atoms with Gasteiger partial charge in [-0.1, -0.05) is 33.8 Å². The number of esters is 2. The van der Waals surface area contributed by atoms with E-state index in [1.165, 1.54) is 60.6 Å². The Bertz CT molecular complexity index is 2760. The summed E-state index contributed by atoms with van der Waals surface area (Å²) in [5, 5.41) is 5.61. The smallest absolute Gasteiger partial charge is 0.302 e. The molecule has 1 N–H and O–H groups in total. The zero-order valence-corrected chi connectivity index (χ0v) is 38.9. The quantitative estimate of drug-likeness (QED) is 0.187. The third-order valence-corrected chi connectivity index (χ3v) is 24.3. The van der Waals surface area contributed by atoms with Crippen molar-refractivity contribution in [1.29, 1.82) is 0 Å². The van der Waals surface area contributed by atoms with Crippen LogP contribution in [0.4, 0.5) is 5.69 Å². The van der Waals surface area contributed by atoms with E-state index in [1.54, 1.807) is 23.6 Å². The molecular weight excluding hydrogens is 799 g/mol. The maximum absolute atomic E-state index is 12.1. The first-order chi connectivity index (χ1) is 30.7. The summed E-state index contributed by atoms with van der Waals surface area (Å²) in [6.07, 6.45) is 4.88. The van der Waals surface area contributed by atoms with E-state index in [-0.39, 0.29) is 40.5 Å². The molecule has 1 amide bonds. The van der Waals surface area contributed by atoms with Gasteiger partial charge in [0.1, 0.15) is 11.5 Å². The summed E-state index contributed by atoms with van der Waals surface area (Å²) in [5.74, 6) is 11.9. The molecule has 334 valence electrons. The molecule has 12 aliphatic rings. The van der Waals surface area contributed by atoms with Gasteiger partial charge in [0.05, 0.1) is 27.4 Å². The van der Waals surface area contributed by atoms with E-state index in [1.807, 2.05) is 14.2 Å². The predicted octanol–water partition coefficient (Wildman–Crippen LogP) is 10.3. The zero-order chi connectivity index (χ0) is 43.8. The predicted molar refractivity (Wildman–Crippen MR) is 240 cm³/mol. The van der Waals surface area contributed by atoms with Crippen LogP contribution in [0.25, 0.3) is 10.8 Å². The number of rotatable bonds is 7. The molecule has 0 spiro atoms. The first-order valence-corrected chi connectivity index (χ1v) is 25.1. The van der Waals surface area contributed by atoms with Crippen LogP contribution in [0.15, 0.2) is 30.3 Å². The zero-order valence-electron chi connectivity index (χ0n) is 38.9. The lowest BCUT2D eigenvalue weighted by atomic mass is 9.19. The van der Waals surface area contributed by atoms with Crippen LogP contribution in [0, 0.1) is 92.7 Å². The molecule has 0 heterocycles. The van der Waals surface area contributed by atoms with Crippen molar-refractivity contribution in [3.63, 3.8) is 0 Å². The maximum Gasteiger partial charge on any atom is 0.302 e. The number of hydrogen-bond donors (Lipinski definition) is 1. The number of amides is 1. The molecule has 8 bridgehead atoms. The van der Waals surface area contributed by atoms with Gasteiger partial charge in [-0.05, 0) is 189 Å². The van der Waals surface area contributed by atoms with Crippen molar-refractivity contribution in [3.05, 3.63) is 63.7 Å². The summed E-state index contributed by atoms with van der Waals surface area (Å²) >= 11 is 0. The molecule has 0 radical (unpaired) electrons. The second kappa shape index (κ2) is 11.4. The first kappa shape index (κ1) is 38.1.